The van der Waals surface area contributed by atoms with Gasteiger partial charge < -0.3 is 8.98 Å². The summed E-state index contributed by atoms with van der Waals surface area (Å²) in [7, 11) is 0. The standard InChI is InChI=1S/C14H14ClN3O/c1-9(15)13-17-11-5-3-7-16-14(11)18(13)10(2)12-6-4-8-19-12/h3-10H,1-2H3. The maximum Gasteiger partial charge on any atom is 0.160 e. The number of imidazole rings is 1. The minimum atomic E-state index is -0.188. The van der Waals surface area contributed by atoms with Crippen LogP contribution in [0.5, 0.6) is 0 Å². The maximum atomic E-state index is 6.24. The number of furan rings is 1. The predicted molar refractivity (Wildman–Crippen MR) is 74.3 cm³/mol. The van der Waals surface area contributed by atoms with E-state index in [1.54, 1.807) is 12.5 Å². The van der Waals surface area contributed by atoms with E-state index in [2.05, 4.69) is 16.9 Å². The molecule has 2 unspecified atom stereocenters. The van der Waals surface area contributed by atoms with E-state index >= 15 is 0 Å². The predicted octanol–water partition coefficient (Wildman–Crippen LogP) is 3.93. The minimum Gasteiger partial charge on any atom is -0.467 e. The second-order valence-corrected chi connectivity index (χ2v) is 5.15. The number of aromatic nitrogens is 3. The zero-order valence-electron chi connectivity index (χ0n) is 10.7. The van der Waals surface area contributed by atoms with Crippen LogP contribution in [0.4, 0.5) is 0 Å². The van der Waals surface area contributed by atoms with Gasteiger partial charge in [0.25, 0.3) is 0 Å². The summed E-state index contributed by atoms with van der Waals surface area (Å²) in [5, 5.41) is -0.188. The summed E-state index contributed by atoms with van der Waals surface area (Å²) in [4.78, 5) is 8.99. The number of halogens is 1. The molecule has 0 fully saturated rings. The normalized spacial score (nSPS) is 14.7. The van der Waals surface area contributed by atoms with Crippen molar-refractivity contribution < 1.29 is 4.42 Å². The number of pyridine rings is 1. The van der Waals surface area contributed by atoms with Gasteiger partial charge in [0.05, 0.1) is 17.7 Å². The summed E-state index contributed by atoms with van der Waals surface area (Å²) >= 11 is 6.24. The molecule has 0 aromatic carbocycles. The monoisotopic (exact) mass is 275 g/mol. The van der Waals surface area contributed by atoms with Gasteiger partial charge in [-0.15, -0.1) is 11.6 Å². The molecule has 0 radical (unpaired) electrons. The fraction of sp³-hybridized carbons (Fsp3) is 0.286. The van der Waals surface area contributed by atoms with Crippen LogP contribution in [0, 0.1) is 0 Å². The molecule has 19 heavy (non-hydrogen) atoms. The average Bonchev–Trinajstić information content (AvgIpc) is 3.05. The van der Waals surface area contributed by atoms with Gasteiger partial charge in [-0.1, -0.05) is 0 Å². The van der Waals surface area contributed by atoms with Crippen molar-refractivity contribution in [3.05, 3.63) is 48.3 Å². The lowest BCUT2D eigenvalue weighted by Crippen LogP contribution is -2.11. The lowest BCUT2D eigenvalue weighted by atomic mass is 10.2. The quantitative estimate of drug-likeness (QED) is 0.680. The Morgan fingerprint density at radius 3 is 2.79 bits per heavy atom. The number of fused-ring (bicyclic) bond motifs is 1. The van der Waals surface area contributed by atoms with E-state index in [1.165, 1.54) is 0 Å². The number of rotatable bonds is 3. The number of alkyl halides is 1. The summed E-state index contributed by atoms with van der Waals surface area (Å²) in [6, 6.07) is 7.65. The molecule has 0 saturated heterocycles. The lowest BCUT2D eigenvalue weighted by Gasteiger charge is -2.15. The molecule has 0 amide bonds. The van der Waals surface area contributed by atoms with Gasteiger partial charge in [0, 0.05) is 6.20 Å². The molecule has 0 spiro atoms. The van der Waals surface area contributed by atoms with Gasteiger partial charge >= 0.3 is 0 Å². The van der Waals surface area contributed by atoms with Crippen LogP contribution in [0.15, 0.2) is 41.1 Å². The van der Waals surface area contributed by atoms with Crippen LogP contribution in [0.25, 0.3) is 11.2 Å². The highest BCUT2D eigenvalue weighted by atomic mass is 35.5. The van der Waals surface area contributed by atoms with E-state index in [1.807, 2.05) is 35.8 Å². The molecular weight excluding hydrogens is 262 g/mol. The van der Waals surface area contributed by atoms with E-state index in [-0.39, 0.29) is 11.4 Å². The second kappa shape index (κ2) is 4.70. The van der Waals surface area contributed by atoms with E-state index in [9.17, 15) is 0 Å². The minimum absolute atomic E-state index is 0.00565. The molecule has 0 aliphatic heterocycles. The molecule has 0 N–H and O–H groups in total. The summed E-state index contributed by atoms with van der Waals surface area (Å²) in [5.41, 5.74) is 1.68. The molecule has 0 bridgehead atoms. The van der Waals surface area contributed by atoms with Crippen LogP contribution in [-0.4, -0.2) is 14.5 Å². The van der Waals surface area contributed by atoms with Gasteiger partial charge in [0.1, 0.15) is 17.1 Å². The van der Waals surface area contributed by atoms with Crippen molar-refractivity contribution in [3.8, 4) is 0 Å². The molecule has 0 aliphatic rings. The molecule has 0 saturated carbocycles. The molecule has 2 atom stereocenters. The van der Waals surface area contributed by atoms with Crippen LogP contribution >= 0.6 is 11.6 Å². The Bertz CT molecular complexity index is 688. The Labute approximate surface area is 116 Å². The van der Waals surface area contributed by atoms with Crippen LogP contribution in [0.2, 0.25) is 0 Å². The van der Waals surface area contributed by atoms with Crippen molar-refractivity contribution in [1.82, 2.24) is 14.5 Å². The third-order valence-corrected chi connectivity index (χ3v) is 3.37. The third kappa shape index (κ3) is 2.02. The first kappa shape index (κ1) is 12.2. The summed E-state index contributed by atoms with van der Waals surface area (Å²) in [6.45, 7) is 3.96. The molecule has 3 rings (SSSR count). The summed E-state index contributed by atoms with van der Waals surface area (Å²) in [6.07, 6.45) is 3.43. The van der Waals surface area contributed by atoms with Gasteiger partial charge in [0.15, 0.2) is 5.65 Å². The Morgan fingerprint density at radius 2 is 2.11 bits per heavy atom. The SMILES string of the molecule is CC(Cl)c1nc2cccnc2n1C(C)c1ccco1. The molecule has 0 aliphatic carbocycles. The molecule has 98 valence electrons. The molecule has 3 aromatic rings. The van der Waals surface area contributed by atoms with E-state index in [0.29, 0.717) is 0 Å². The van der Waals surface area contributed by atoms with E-state index in [0.717, 1.165) is 22.7 Å². The van der Waals surface area contributed by atoms with Crippen LogP contribution in [-0.2, 0) is 0 Å². The first-order chi connectivity index (χ1) is 9.18. The van der Waals surface area contributed by atoms with Crippen molar-refractivity contribution in [2.24, 2.45) is 0 Å². The van der Waals surface area contributed by atoms with Crippen LogP contribution in [0.3, 0.4) is 0 Å². The lowest BCUT2D eigenvalue weighted by molar-refractivity contribution is 0.443. The molecule has 5 heteroatoms. The third-order valence-electron chi connectivity index (χ3n) is 3.17. The number of hydrogen-bond acceptors (Lipinski definition) is 3. The van der Waals surface area contributed by atoms with Gasteiger partial charge in [-0.25, -0.2) is 9.97 Å². The fourth-order valence-electron chi connectivity index (χ4n) is 2.27. The van der Waals surface area contributed by atoms with Gasteiger partial charge in [-0.3, -0.25) is 0 Å². The van der Waals surface area contributed by atoms with Crippen molar-refractivity contribution in [3.63, 3.8) is 0 Å². The highest BCUT2D eigenvalue weighted by Gasteiger charge is 2.22. The van der Waals surface area contributed by atoms with Crippen molar-refractivity contribution >= 4 is 22.8 Å². The molecule has 4 nitrogen and oxygen atoms in total. The average molecular weight is 276 g/mol. The Balaban J connectivity index is 2.23. The zero-order valence-corrected chi connectivity index (χ0v) is 11.5. The highest BCUT2D eigenvalue weighted by Crippen LogP contribution is 2.30. The van der Waals surface area contributed by atoms with E-state index in [4.69, 9.17) is 16.0 Å². The second-order valence-electron chi connectivity index (χ2n) is 4.49. The van der Waals surface area contributed by atoms with Crippen molar-refractivity contribution in [2.45, 2.75) is 25.3 Å². The van der Waals surface area contributed by atoms with Gasteiger partial charge in [-0.05, 0) is 38.1 Å². The first-order valence-electron chi connectivity index (χ1n) is 6.19. The zero-order chi connectivity index (χ0) is 13.4. The summed E-state index contributed by atoms with van der Waals surface area (Å²) < 4.78 is 7.52. The Morgan fingerprint density at radius 1 is 1.26 bits per heavy atom. The largest absolute Gasteiger partial charge is 0.467 e. The Hall–Kier alpha value is -1.81. The number of nitrogens with zero attached hydrogens (tertiary/aromatic N) is 3. The topological polar surface area (TPSA) is 43.9 Å². The Kier molecular flexibility index (Phi) is 3.03. The van der Waals surface area contributed by atoms with Gasteiger partial charge in [0.2, 0.25) is 0 Å². The number of hydrogen-bond donors (Lipinski definition) is 0. The smallest absolute Gasteiger partial charge is 0.160 e. The van der Waals surface area contributed by atoms with Crippen molar-refractivity contribution in [2.75, 3.05) is 0 Å². The first-order valence-corrected chi connectivity index (χ1v) is 6.62. The van der Waals surface area contributed by atoms with Crippen molar-refractivity contribution in [1.29, 1.82) is 0 Å². The van der Waals surface area contributed by atoms with E-state index < -0.39 is 0 Å². The maximum absolute atomic E-state index is 6.24. The van der Waals surface area contributed by atoms with Gasteiger partial charge in [-0.2, -0.15) is 0 Å². The van der Waals surface area contributed by atoms with Crippen LogP contribution < -0.4 is 0 Å². The molecular formula is C14H14ClN3O. The highest BCUT2D eigenvalue weighted by molar-refractivity contribution is 6.20. The molecule has 3 aromatic heterocycles. The molecule has 3 heterocycles. The summed E-state index contributed by atoms with van der Waals surface area (Å²) in [5.74, 6) is 1.67. The fourth-order valence-corrected chi connectivity index (χ4v) is 2.42. The van der Waals surface area contributed by atoms with Crippen LogP contribution in [0.1, 0.15) is 36.9 Å².